The molecule has 0 radical (unpaired) electrons. The highest BCUT2D eigenvalue weighted by Gasteiger charge is 2.46. The van der Waals surface area contributed by atoms with Crippen LogP contribution in [0.25, 0.3) is 11.1 Å². The molecule has 0 amide bonds. The zero-order chi connectivity index (χ0) is 42.7. The predicted molar refractivity (Wildman–Crippen MR) is 228 cm³/mol. The summed E-state index contributed by atoms with van der Waals surface area (Å²) in [6.07, 6.45) is -1.92. The monoisotopic (exact) mass is 806 g/mol. The highest BCUT2D eigenvalue weighted by molar-refractivity contribution is 5.88. The lowest BCUT2D eigenvalue weighted by Gasteiger charge is -2.35. The predicted octanol–water partition coefficient (Wildman–Crippen LogP) is 8.05. The molecule has 4 aromatic carbocycles. The molecule has 2 unspecified atom stereocenters. The number of rotatable bonds is 22. The Hall–Kier alpha value is -5.26. The van der Waals surface area contributed by atoms with E-state index in [0.29, 0.717) is 0 Å². The fourth-order valence-corrected chi connectivity index (χ4v) is 7.30. The Labute approximate surface area is 348 Å². The van der Waals surface area contributed by atoms with Crippen LogP contribution < -0.4 is 9.47 Å². The minimum atomic E-state index is -0.958. The minimum absolute atomic E-state index is 0.000621. The lowest BCUT2D eigenvalue weighted by molar-refractivity contribution is -0.143. The van der Waals surface area contributed by atoms with Gasteiger partial charge in [-0.1, -0.05) is 114 Å². The van der Waals surface area contributed by atoms with E-state index in [4.69, 9.17) is 28.4 Å². The Balaban J connectivity index is 1.40. The zero-order valence-corrected chi connectivity index (χ0v) is 35.1. The van der Waals surface area contributed by atoms with Crippen LogP contribution in [-0.2, 0) is 34.0 Å². The second-order valence-corrected chi connectivity index (χ2v) is 15.6. The van der Waals surface area contributed by atoms with Crippen LogP contribution in [0.2, 0.25) is 0 Å². The second kappa shape index (κ2) is 20.6. The third kappa shape index (κ3) is 10.7. The molecule has 4 aromatic rings. The molecule has 1 aliphatic carbocycles. The van der Waals surface area contributed by atoms with E-state index in [1.54, 1.807) is 13.8 Å². The number of ether oxygens (including phenoxy) is 6. The Kier molecular flexibility index (Phi) is 15.7. The molecule has 0 bridgehead atoms. The summed E-state index contributed by atoms with van der Waals surface area (Å²) in [6.45, 7) is 19.5. The SMILES string of the molecule is C=C(C)C(=O)OCC(O)COCCOc1ccc(C2(c3ccc(OCCOCC(O)COC(=O)C(=C)C)c(C(C)C)c3)c3ccccc3-c3ccccc32)cc1C(C)C. The topological polar surface area (TPSA) is 130 Å². The summed E-state index contributed by atoms with van der Waals surface area (Å²) in [5.41, 5.74) is 8.96. The maximum Gasteiger partial charge on any atom is 0.333 e. The molecule has 5 rings (SSSR count). The van der Waals surface area contributed by atoms with Crippen molar-refractivity contribution in [2.24, 2.45) is 0 Å². The first-order valence-electron chi connectivity index (χ1n) is 20.2. The Bertz CT molecular complexity index is 1950. The van der Waals surface area contributed by atoms with Crippen LogP contribution in [0.15, 0.2) is 109 Å². The molecule has 59 heavy (non-hydrogen) atoms. The molecular formula is C49H58O10. The highest BCUT2D eigenvalue weighted by atomic mass is 16.6. The van der Waals surface area contributed by atoms with Crippen LogP contribution in [0.5, 0.6) is 11.5 Å². The van der Waals surface area contributed by atoms with Gasteiger partial charge in [0, 0.05) is 11.1 Å². The van der Waals surface area contributed by atoms with E-state index in [1.165, 1.54) is 22.3 Å². The molecule has 0 saturated heterocycles. The molecule has 314 valence electrons. The Morgan fingerprint density at radius 3 is 1.34 bits per heavy atom. The molecule has 2 N–H and O–H groups in total. The highest BCUT2D eigenvalue weighted by Crippen LogP contribution is 2.57. The summed E-state index contributed by atoms with van der Waals surface area (Å²) in [5.74, 6) is 0.682. The number of hydrogen-bond acceptors (Lipinski definition) is 10. The van der Waals surface area contributed by atoms with Gasteiger partial charge < -0.3 is 38.6 Å². The van der Waals surface area contributed by atoms with Crippen LogP contribution in [0.3, 0.4) is 0 Å². The minimum Gasteiger partial charge on any atom is -0.491 e. The van der Waals surface area contributed by atoms with Crippen molar-refractivity contribution in [2.75, 3.05) is 52.9 Å². The van der Waals surface area contributed by atoms with Gasteiger partial charge in [0.2, 0.25) is 0 Å². The zero-order valence-electron chi connectivity index (χ0n) is 35.1. The molecular weight excluding hydrogens is 749 g/mol. The van der Waals surface area contributed by atoms with Gasteiger partial charge in [0.25, 0.3) is 0 Å². The van der Waals surface area contributed by atoms with Crippen molar-refractivity contribution in [1.82, 2.24) is 0 Å². The van der Waals surface area contributed by atoms with Gasteiger partial charge in [-0.3, -0.25) is 0 Å². The first kappa shape index (κ1) is 44.8. The number of carbonyl (C=O) groups excluding carboxylic acids is 2. The third-order valence-corrected chi connectivity index (χ3v) is 10.2. The van der Waals surface area contributed by atoms with Crippen molar-refractivity contribution in [2.45, 2.75) is 71.0 Å². The van der Waals surface area contributed by atoms with Crippen molar-refractivity contribution in [1.29, 1.82) is 0 Å². The van der Waals surface area contributed by atoms with Crippen LogP contribution >= 0.6 is 0 Å². The smallest absolute Gasteiger partial charge is 0.333 e. The summed E-state index contributed by atoms with van der Waals surface area (Å²) in [6, 6.07) is 30.2. The largest absolute Gasteiger partial charge is 0.491 e. The van der Waals surface area contributed by atoms with Crippen molar-refractivity contribution in [3.8, 4) is 22.6 Å². The van der Waals surface area contributed by atoms with Crippen molar-refractivity contribution in [3.63, 3.8) is 0 Å². The molecule has 0 saturated carbocycles. The van der Waals surface area contributed by atoms with Crippen molar-refractivity contribution < 1.29 is 48.2 Å². The molecule has 2 atom stereocenters. The molecule has 1 aliphatic rings. The van der Waals surface area contributed by atoms with E-state index < -0.39 is 29.6 Å². The van der Waals surface area contributed by atoms with E-state index in [1.807, 2.05) is 12.1 Å². The fourth-order valence-electron chi connectivity index (χ4n) is 7.30. The van der Waals surface area contributed by atoms with Gasteiger partial charge in [-0.25, -0.2) is 9.59 Å². The van der Waals surface area contributed by atoms with E-state index in [-0.39, 0.29) is 75.8 Å². The fraction of sp³-hybridized carbons (Fsp3) is 0.388. The van der Waals surface area contributed by atoms with Gasteiger partial charge in [0.05, 0.1) is 31.8 Å². The first-order valence-corrected chi connectivity index (χ1v) is 20.2. The summed E-state index contributed by atoms with van der Waals surface area (Å²) in [5, 5.41) is 20.4. The van der Waals surface area contributed by atoms with E-state index in [2.05, 4.69) is 114 Å². The molecule has 0 heterocycles. The van der Waals surface area contributed by atoms with Gasteiger partial charge in [0.1, 0.15) is 50.1 Å². The van der Waals surface area contributed by atoms with Crippen LogP contribution in [0.4, 0.5) is 0 Å². The Morgan fingerprint density at radius 2 is 0.966 bits per heavy atom. The van der Waals surface area contributed by atoms with Crippen LogP contribution in [0.1, 0.15) is 86.8 Å². The van der Waals surface area contributed by atoms with E-state index >= 15 is 0 Å². The normalized spacial score (nSPS) is 13.7. The molecule has 10 heteroatoms. The molecule has 10 nitrogen and oxygen atoms in total. The summed E-state index contributed by atoms with van der Waals surface area (Å²) >= 11 is 0. The van der Waals surface area contributed by atoms with E-state index in [9.17, 15) is 19.8 Å². The van der Waals surface area contributed by atoms with Gasteiger partial charge in [-0.2, -0.15) is 0 Å². The quantitative estimate of drug-likeness (QED) is 0.0403. The Morgan fingerprint density at radius 1 is 0.576 bits per heavy atom. The molecule has 0 spiro atoms. The number of carbonyl (C=O) groups is 2. The van der Waals surface area contributed by atoms with Crippen molar-refractivity contribution in [3.05, 3.63) is 143 Å². The second-order valence-electron chi connectivity index (χ2n) is 15.6. The maximum atomic E-state index is 11.6. The number of aliphatic hydroxyl groups is 2. The number of benzene rings is 4. The average molecular weight is 807 g/mol. The average Bonchev–Trinajstić information content (AvgIpc) is 3.52. The number of aliphatic hydroxyl groups excluding tert-OH is 2. The van der Waals surface area contributed by atoms with E-state index in [0.717, 1.165) is 33.8 Å². The van der Waals surface area contributed by atoms with Crippen molar-refractivity contribution >= 4 is 11.9 Å². The lowest BCUT2D eigenvalue weighted by Crippen LogP contribution is -2.29. The number of fused-ring (bicyclic) bond motifs is 3. The standard InChI is InChI=1S/C49H58O10/c1-31(2)41-25-35(17-19-45(41)56-23-21-54-27-37(50)29-58-47(52)33(5)6)49(43-15-11-9-13-39(43)40-14-10-12-16-44(40)49)36-18-20-46(42(26-36)32(3)4)57-24-22-55-28-38(51)30-59-48(53)34(7)8/h9-20,25-26,31-32,37-38,50-51H,5,7,21-24,27-30H2,1-4,6,8H3. The molecule has 0 fully saturated rings. The number of hydrogen-bond donors (Lipinski definition) is 2. The van der Waals surface area contributed by atoms with Gasteiger partial charge in [-0.05, 0) is 82.3 Å². The van der Waals surface area contributed by atoms with Gasteiger partial charge in [0.15, 0.2) is 0 Å². The van der Waals surface area contributed by atoms with Gasteiger partial charge in [-0.15, -0.1) is 0 Å². The van der Waals surface area contributed by atoms with Crippen LogP contribution in [-0.4, -0.2) is 87.2 Å². The molecule has 0 aromatic heterocycles. The summed E-state index contributed by atoms with van der Waals surface area (Å²) < 4.78 is 33.9. The summed E-state index contributed by atoms with van der Waals surface area (Å²) in [7, 11) is 0. The summed E-state index contributed by atoms with van der Waals surface area (Å²) in [4.78, 5) is 23.3. The van der Waals surface area contributed by atoms with Gasteiger partial charge >= 0.3 is 11.9 Å². The third-order valence-electron chi connectivity index (χ3n) is 10.2. The first-order chi connectivity index (χ1) is 28.2. The number of esters is 2. The lowest BCUT2D eigenvalue weighted by atomic mass is 9.66. The van der Waals surface area contributed by atoms with Crippen LogP contribution in [0, 0.1) is 0 Å². The maximum absolute atomic E-state index is 11.6. The molecule has 0 aliphatic heterocycles.